The standard InChI is InChI=1S/C33H56O6/c1-19(2)7-6-8-20(3)24-11-12-25-23-10-9-21-17-22(13-15-32(21,4)26(23)14-16-33(24,25)5)38-31-30(37)29(36)28(35)27(18-34)39-31/h9,19-20,22-31,34-37H,6-8,10-18H2,1-5H3/t20-,22?,23?,24-,25?,26?,27-,28-,29+,30+,31+,32+,33-/m1/s1. The second kappa shape index (κ2) is 11.6. The van der Waals surface area contributed by atoms with Crippen LogP contribution in [-0.4, -0.2) is 63.8 Å². The topological polar surface area (TPSA) is 99.4 Å². The van der Waals surface area contributed by atoms with Crippen molar-refractivity contribution in [3.8, 4) is 0 Å². The van der Waals surface area contributed by atoms with E-state index in [9.17, 15) is 20.4 Å². The second-order valence-corrected chi connectivity index (χ2v) is 15.0. The second-order valence-electron chi connectivity index (χ2n) is 15.0. The van der Waals surface area contributed by atoms with Gasteiger partial charge in [0.2, 0.25) is 0 Å². The van der Waals surface area contributed by atoms with Crippen molar-refractivity contribution >= 4 is 0 Å². The number of hydrogen-bond acceptors (Lipinski definition) is 6. The monoisotopic (exact) mass is 548 g/mol. The first-order valence-corrected chi connectivity index (χ1v) is 16.1. The average Bonchev–Trinajstić information content (AvgIpc) is 3.26. The molecule has 6 nitrogen and oxygen atoms in total. The molecule has 5 aliphatic rings. The number of fused-ring (bicyclic) bond motifs is 5. The minimum atomic E-state index is -1.39. The minimum Gasteiger partial charge on any atom is -0.394 e. The maximum Gasteiger partial charge on any atom is 0.186 e. The molecule has 0 radical (unpaired) electrons. The highest BCUT2D eigenvalue weighted by Crippen LogP contribution is 2.67. The summed E-state index contributed by atoms with van der Waals surface area (Å²) in [6.07, 6.45) is 9.98. The average molecular weight is 549 g/mol. The Bertz CT molecular complexity index is 872. The smallest absolute Gasteiger partial charge is 0.186 e. The van der Waals surface area contributed by atoms with E-state index >= 15 is 0 Å². The predicted octanol–water partition coefficient (Wildman–Crippen LogP) is 5.21. The molecule has 13 atom stereocenters. The Kier molecular flexibility index (Phi) is 8.95. The summed E-state index contributed by atoms with van der Waals surface area (Å²) in [5, 5.41) is 40.3. The van der Waals surface area contributed by atoms with E-state index in [1.54, 1.807) is 0 Å². The molecule has 4 aliphatic carbocycles. The van der Waals surface area contributed by atoms with Crippen molar-refractivity contribution < 1.29 is 29.9 Å². The van der Waals surface area contributed by atoms with E-state index in [0.29, 0.717) is 5.41 Å². The first kappa shape index (κ1) is 30.0. The van der Waals surface area contributed by atoms with Gasteiger partial charge in [-0.2, -0.15) is 0 Å². The van der Waals surface area contributed by atoms with Crippen LogP contribution in [-0.2, 0) is 9.47 Å². The van der Waals surface area contributed by atoms with Crippen LogP contribution in [0.3, 0.4) is 0 Å². The SMILES string of the molecule is CC(C)CCC[C@@H](C)[C@H]1CCC2C3CC=C4CC(O[C@H]5O[C@H](CO)[C@@H](O)[C@H](O)[C@@H]5O)CC[C@]4(C)C3CC[C@@]21C. The molecular weight excluding hydrogens is 492 g/mol. The highest BCUT2D eigenvalue weighted by Gasteiger charge is 2.59. The lowest BCUT2D eigenvalue weighted by Crippen LogP contribution is -2.60. The molecule has 0 amide bonds. The van der Waals surface area contributed by atoms with E-state index in [0.717, 1.165) is 54.8 Å². The molecule has 0 spiro atoms. The zero-order valence-electron chi connectivity index (χ0n) is 25.1. The molecule has 0 bridgehead atoms. The Morgan fingerprint density at radius 2 is 1.72 bits per heavy atom. The van der Waals surface area contributed by atoms with Crippen LogP contribution in [0, 0.1) is 46.3 Å². The molecule has 5 rings (SSSR count). The van der Waals surface area contributed by atoms with E-state index in [1.807, 2.05) is 0 Å². The van der Waals surface area contributed by atoms with E-state index in [-0.39, 0.29) is 11.5 Å². The molecule has 39 heavy (non-hydrogen) atoms. The van der Waals surface area contributed by atoms with Gasteiger partial charge in [-0.1, -0.05) is 65.5 Å². The third kappa shape index (κ3) is 5.41. The number of ether oxygens (including phenoxy) is 2. The highest BCUT2D eigenvalue weighted by atomic mass is 16.7. The summed E-state index contributed by atoms with van der Waals surface area (Å²) >= 11 is 0. The van der Waals surface area contributed by atoms with Crippen LogP contribution >= 0.6 is 0 Å². The van der Waals surface area contributed by atoms with Crippen molar-refractivity contribution in [1.29, 1.82) is 0 Å². The van der Waals surface area contributed by atoms with Crippen molar-refractivity contribution in [3.05, 3.63) is 11.6 Å². The fourth-order valence-electron chi connectivity index (χ4n) is 10.1. The summed E-state index contributed by atoms with van der Waals surface area (Å²) in [4.78, 5) is 0. The predicted molar refractivity (Wildman–Crippen MR) is 152 cm³/mol. The van der Waals surface area contributed by atoms with Crippen LogP contribution in [0.2, 0.25) is 0 Å². The van der Waals surface area contributed by atoms with Gasteiger partial charge in [0.05, 0.1) is 12.7 Å². The molecule has 6 heteroatoms. The number of allylic oxidation sites excluding steroid dienone is 1. The Balaban J connectivity index is 1.24. The van der Waals surface area contributed by atoms with E-state index in [4.69, 9.17) is 9.47 Å². The Morgan fingerprint density at radius 1 is 0.949 bits per heavy atom. The molecule has 0 aromatic carbocycles. The van der Waals surface area contributed by atoms with E-state index < -0.39 is 37.3 Å². The van der Waals surface area contributed by atoms with Gasteiger partial charge >= 0.3 is 0 Å². The number of rotatable bonds is 8. The van der Waals surface area contributed by atoms with Gasteiger partial charge in [-0.05, 0) is 97.7 Å². The molecule has 4 unspecified atom stereocenters. The molecule has 224 valence electrons. The quantitative estimate of drug-likeness (QED) is 0.311. The third-order valence-electron chi connectivity index (χ3n) is 12.4. The first-order chi connectivity index (χ1) is 18.5. The molecule has 0 aromatic heterocycles. The first-order valence-electron chi connectivity index (χ1n) is 16.1. The summed E-state index contributed by atoms with van der Waals surface area (Å²) in [6, 6.07) is 0. The molecule has 1 heterocycles. The van der Waals surface area contributed by atoms with Crippen molar-refractivity contribution in [2.75, 3.05) is 6.61 Å². The van der Waals surface area contributed by atoms with E-state index in [2.05, 4.69) is 40.7 Å². The lowest BCUT2D eigenvalue weighted by atomic mass is 9.47. The molecule has 0 aromatic rings. The van der Waals surface area contributed by atoms with Gasteiger partial charge in [0.1, 0.15) is 24.4 Å². The fourth-order valence-corrected chi connectivity index (χ4v) is 10.1. The molecule has 1 aliphatic heterocycles. The molecule has 4 N–H and O–H groups in total. The minimum absolute atomic E-state index is 0.0984. The van der Waals surface area contributed by atoms with Crippen molar-refractivity contribution in [1.82, 2.24) is 0 Å². The lowest BCUT2D eigenvalue weighted by Gasteiger charge is -2.58. The Morgan fingerprint density at radius 3 is 2.44 bits per heavy atom. The van der Waals surface area contributed by atoms with Gasteiger partial charge in [0.15, 0.2) is 6.29 Å². The van der Waals surface area contributed by atoms with Gasteiger partial charge in [0, 0.05) is 0 Å². The van der Waals surface area contributed by atoms with Gasteiger partial charge in [0.25, 0.3) is 0 Å². The Labute approximate surface area is 236 Å². The van der Waals surface area contributed by atoms with Crippen LogP contribution in [0.1, 0.15) is 105 Å². The maximum atomic E-state index is 10.5. The van der Waals surface area contributed by atoms with Crippen LogP contribution in [0.5, 0.6) is 0 Å². The van der Waals surface area contributed by atoms with Crippen LogP contribution in [0.4, 0.5) is 0 Å². The van der Waals surface area contributed by atoms with Gasteiger partial charge in [-0.15, -0.1) is 0 Å². The molecule has 1 saturated heterocycles. The normalized spacial score (nSPS) is 48.7. The highest BCUT2D eigenvalue weighted by molar-refractivity contribution is 5.25. The zero-order chi connectivity index (χ0) is 28.1. The summed E-state index contributed by atoms with van der Waals surface area (Å²) < 4.78 is 11.9. The van der Waals surface area contributed by atoms with Crippen LogP contribution < -0.4 is 0 Å². The largest absolute Gasteiger partial charge is 0.394 e. The van der Waals surface area contributed by atoms with Crippen LogP contribution in [0.15, 0.2) is 11.6 Å². The zero-order valence-corrected chi connectivity index (χ0v) is 25.1. The number of hydrogen-bond donors (Lipinski definition) is 4. The maximum absolute atomic E-state index is 10.5. The summed E-state index contributed by atoms with van der Waals surface area (Å²) in [7, 11) is 0. The van der Waals surface area contributed by atoms with Gasteiger partial charge in [-0.3, -0.25) is 0 Å². The van der Waals surface area contributed by atoms with Crippen molar-refractivity contribution in [3.63, 3.8) is 0 Å². The number of aliphatic hydroxyl groups excluding tert-OH is 4. The Hall–Kier alpha value is -0.500. The molecule has 3 saturated carbocycles. The fraction of sp³-hybridized carbons (Fsp3) is 0.939. The summed E-state index contributed by atoms with van der Waals surface area (Å²) in [5.41, 5.74) is 2.20. The molecular formula is C33H56O6. The van der Waals surface area contributed by atoms with Crippen LogP contribution in [0.25, 0.3) is 0 Å². The van der Waals surface area contributed by atoms with Gasteiger partial charge in [-0.25, -0.2) is 0 Å². The lowest BCUT2D eigenvalue weighted by molar-refractivity contribution is -0.313. The number of aliphatic hydroxyl groups is 4. The summed E-state index contributed by atoms with van der Waals surface area (Å²) in [5.74, 6) is 4.87. The summed E-state index contributed by atoms with van der Waals surface area (Å²) in [6.45, 7) is 12.0. The van der Waals surface area contributed by atoms with Crippen molar-refractivity contribution in [2.24, 2.45) is 46.3 Å². The third-order valence-corrected chi connectivity index (χ3v) is 12.4. The van der Waals surface area contributed by atoms with E-state index in [1.165, 1.54) is 56.9 Å². The van der Waals surface area contributed by atoms with Crippen molar-refractivity contribution in [2.45, 2.75) is 142 Å². The molecule has 4 fully saturated rings. The van der Waals surface area contributed by atoms with Gasteiger partial charge < -0.3 is 29.9 Å².